The van der Waals surface area contributed by atoms with Crippen LogP contribution in [-0.4, -0.2) is 69.4 Å². The van der Waals surface area contributed by atoms with E-state index in [0.29, 0.717) is 45.0 Å². The lowest BCUT2D eigenvalue weighted by molar-refractivity contribution is -0.133. The minimum atomic E-state index is -0.773. The van der Waals surface area contributed by atoms with Crippen LogP contribution in [0.1, 0.15) is 12.0 Å². The highest BCUT2D eigenvalue weighted by atomic mass is 19.1. The van der Waals surface area contributed by atoms with Gasteiger partial charge < -0.3 is 20.0 Å². The molecule has 0 saturated carbocycles. The summed E-state index contributed by atoms with van der Waals surface area (Å²) in [7, 11) is 0. The first-order valence-electron chi connectivity index (χ1n) is 9.38. The van der Waals surface area contributed by atoms with E-state index in [1.54, 1.807) is 28.0 Å². The smallest absolute Gasteiger partial charge is 0.240 e. The normalized spacial score (nSPS) is 23.4. The zero-order valence-corrected chi connectivity index (χ0v) is 15.4. The van der Waals surface area contributed by atoms with Gasteiger partial charge in [0.1, 0.15) is 23.6 Å². The molecule has 2 aliphatic rings. The third-order valence-corrected chi connectivity index (χ3v) is 5.41. The Morgan fingerprint density at radius 2 is 1.89 bits per heavy atom. The number of aliphatic hydroxyl groups is 1. The molecule has 1 aromatic heterocycles. The summed E-state index contributed by atoms with van der Waals surface area (Å²) in [5.41, 5.74) is 0.902. The van der Waals surface area contributed by atoms with Crippen molar-refractivity contribution in [2.45, 2.75) is 25.2 Å². The first-order chi connectivity index (χ1) is 13.5. The van der Waals surface area contributed by atoms with Crippen LogP contribution < -0.4 is 4.90 Å². The summed E-state index contributed by atoms with van der Waals surface area (Å²) < 4.78 is 13.1. The molecule has 7 nitrogen and oxygen atoms in total. The summed E-state index contributed by atoms with van der Waals surface area (Å²) in [5, 5.41) is 19.9. The molecular formula is C20H23FN4O3. The van der Waals surface area contributed by atoms with Gasteiger partial charge >= 0.3 is 0 Å². The fourth-order valence-corrected chi connectivity index (χ4v) is 3.91. The number of amides is 1. The molecule has 0 radical (unpaired) electrons. The maximum absolute atomic E-state index is 13.1. The molecule has 28 heavy (non-hydrogen) atoms. The Hall–Kier alpha value is -2.71. The Morgan fingerprint density at radius 1 is 1.11 bits per heavy atom. The molecule has 1 unspecified atom stereocenters. The lowest BCUT2D eigenvalue weighted by Gasteiger charge is -2.41. The monoisotopic (exact) mass is 386 g/mol. The summed E-state index contributed by atoms with van der Waals surface area (Å²) >= 11 is 0. The Kier molecular flexibility index (Phi) is 5.15. The lowest BCUT2D eigenvalue weighted by atomic mass is 10.1. The van der Waals surface area contributed by atoms with Crippen molar-refractivity contribution in [3.05, 3.63) is 54.0 Å². The number of carbonyl (C=O) groups is 1. The number of nitrogens with zero attached hydrogens (tertiary/aromatic N) is 4. The van der Waals surface area contributed by atoms with Crippen molar-refractivity contribution in [3.8, 4) is 5.75 Å². The van der Waals surface area contributed by atoms with Crippen molar-refractivity contribution in [3.63, 3.8) is 0 Å². The van der Waals surface area contributed by atoms with Crippen LogP contribution in [0.3, 0.4) is 0 Å². The Labute approximate surface area is 162 Å². The van der Waals surface area contributed by atoms with E-state index in [4.69, 9.17) is 0 Å². The minimum Gasteiger partial charge on any atom is -0.506 e. The van der Waals surface area contributed by atoms with Gasteiger partial charge in [0.25, 0.3) is 0 Å². The van der Waals surface area contributed by atoms with E-state index in [0.717, 1.165) is 5.56 Å². The predicted molar refractivity (Wildman–Crippen MR) is 101 cm³/mol. The molecule has 148 valence electrons. The number of likely N-dealkylation sites (tertiary alicyclic amines) is 1. The first kappa shape index (κ1) is 18.6. The van der Waals surface area contributed by atoms with Crippen LogP contribution in [0, 0.1) is 5.82 Å². The summed E-state index contributed by atoms with van der Waals surface area (Å²) in [6.07, 6.45) is 1.29. The van der Waals surface area contributed by atoms with E-state index in [2.05, 4.69) is 4.98 Å². The van der Waals surface area contributed by atoms with Gasteiger partial charge in [-0.05, 0) is 36.2 Å². The molecule has 3 heterocycles. The zero-order valence-electron chi connectivity index (χ0n) is 15.4. The van der Waals surface area contributed by atoms with Crippen LogP contribution >= 0.6 is 0 Å². The van der Waals surface area contributed by atoms with Crippen LogP contribution in [0.2, 0.25) is 0 Å². The van der Waals surface area contributed by atoms with Crippen LogP contribution in [-0.2, 0) is 11.3 Å². The summed E-state index contributed by atoms with van der Waals surface area (Å²) in [6, 6.07) is 9.16. The zero-order chi connectivity index (χ0) is 19.7. The maximum atomic E-state index is 13.1. The average Bonchev–Trinajstić information content (AvgIpc) is 3.05. The Morgan fingerprint density at radius 3 is 2.57 bits per heavy atom. The fraction of sp³-hybridized carbons (Fsp3) is 0.400. The highest BCUT2D eigenvalue weighted by molar-refractivity contribution is 5.84. The molecule has 1 aromatic carbocycles. The second kappa shape index (κ2) is 7.73. The quantitative estimate of drug-likeness (QED) is 0.821. The Balaban J connectivity index is 1.37. The summed E-state index contributed by atoms with van der Waals surface area (Å²) in [4.78, 5) is 22.6. The number of benzene rings is 1. The average molecular weight is 386 g/mol. The third-order valence-electron chi connectivity index (χ3n) is 5.41. The van der Waals surface area contributed by atoms with Crippen molar-refractivity contribution in [1.29, 1.82) is 0 Å². The number of rotatable bonds is 4. The van der Waals surface area contributed by atoms with Gasteiger partial charge in [-0.25, -0.2) is 9.37 Å². The molecule has 2 aromatic rings. The van der Waals surface area contributed by atoms with Crippen molar-refractivity contribution < 1.29 is 19.4 Å². The van der Waals surface area contributed by atoms with Crippen LogP contribution in [0.4, 0.5) is 10.2 Å². The number of hydrogen-bond acceptors (Lipinski definition) is 6. The number of carbonyl (C=O) groups excluding carboxylic acids is 1. The molecule has 4 rings (SSSR count). The molecule has 8 heteroatoms. The molecule has 1 amide bonds. The van der Waals surface area contributed by atoms with Gasteiger partial charge in [-0.2, -0.15) is 0 Å². The third kappa shape index (κ3) is 3.79. The number of halogens is 1. The van der Waals surface area contributed by atoms with E-state index in [-0.39, 0.29) is 23.5 Å². The van der Waals surface area contributed by atoms with Crippen molar-refractivity contribution in [1.82, 2.24) is 14.8 Å². The number of pyridine rings is 1. The number of piperazine rings is 1. The molecular weight excluding hydrogens is 363 g/mol. The summed E-state index contributed by atoms with van der Waals surface area (Å²) in [5.74, 6) is 0.437. The molecule has 2 saturated heterocycles. The highest BCUT2D eigenvalue weighted by Gasteiger charge is 2.39. The predicted octanol–water partition coefficient (Wildman–Crippen LogP) is 1.17. The lowest BCUT2D eigenvalue weighted by Crippen LogP contribution is -2.57. The van der Waals surface area contributed by atoms with Gasteiger partial charge in [-0.15, -0.1) is 0 Å². The fourth-order valence-electron chi connectivity index (χ4n) is 3.91. The molecule has 0 aliphatic carbocycles. The standard InChI is InChI=1S/C20H23FN4O3/c21-15-3-1-14(2-4-15)12-24-8-7-17(20(24)28)23-9-10-25(19(27)13-23)18-6-5-16(26)11-22-18/h1-6,11,17,19,26-27H,7-10,12-13H2/t17-,19?/m1/s1. The summed E-state index contributed by atoms with van der Waals surface area (Å²) in [6.45, 7) is 2.65. The second-order valence-corrected chi connectivity index (χ2v) is 7.23. The SMILES string of the molecule is O=C1[C@H](N2CCN(c3ccc(O)cn3)C(O)C2)CCN1Cc1ccc(F)cc1. The van der Waals surface area contributed by atoms with Gasteiger partial charge in [0, 0.05) is 32.7 Å². The molecule has 2 fully saturated rings. The topological polar surface area (TPSA) is 80.1 Å². The number of aromatic nitrogens is 1. The number of anilines is 1. The second-order valence-electron chi connectivity index (χ2n) is 7.23. The van der Waals surface area contributed by atoms with E-state index >= 15 is 0 Å². The van der Waals surface area contributed by atoms with E-state index < -0.39 is 6.23 Å². The maximum Gasteiger partial charge on any atom is 0.240 e. The number of aromatic hydroxyl groups is 1. The number of β-amino-alcohol motifs (C(OH)–C–C–N with tert-alkyl or cyclic N) is 1. The van der Waals surface area contributed by atoms with Gasteiger partial charge in [0.15, 0.2) is 0 Å². The molecule has 2 N–H and O–H groups in total. The number of hydrogen-bond donors (Lipinski definition) is 2. The molecule has 2 aliphatic heterocycles. The van der Waals surface area contributed by atoms with Gasteiger partial charge in [0.05, 0.1) is 12.2 Å². The largest absolute Gasteiger partial charge is 0.506 e. The van der Waals surface area contributed by atoms with E-state index in [9.17, 15) is 19.4 Å². The number of aliphatic hydroxyl groups excluding tert-OH is 1. The van der Waals surface area contributed by atoms with E-state index in [1.807, 2.05) is 4.90 Å². The first-order valence-corrected chi connectivity index (χ1v) is 9.38. The minimum absolute atomic E-state index is 0.0488. The Bertz CT molecular complexity index is 830. The van der Waals surface area contributed by atoms with Gasteiger partial charge in [0.2, 0.25) is 5.91 Å². The van der Waals surface area contributed by atoms with Crippen LogP contribution in [0.5, 0.6) is 5.75 Å². The van der Waals surface area contributed by atoms with E-state index in [1.165, 1.54) is 24.4 Å². The van der Waals surface area contributed by atoms with Gasteiger partial charge in [-0.3, -0.25) is 9.69 Å². The molecule has 0 spiro atoms. The van der Waals surface area contributed by atoms with Crippen molar-refractivity contribution in [2.75, 3.05) is 31.1 Å². The van der Waals surface area contributed by atoms with Crippen molar-refractivity contribution >= 4 is 11.7 Å². The van der Waals surface area contributed by atoms with Gasteiger partial charge in [-0.1, -0.05) is 12.1 Å². The van der Waals surface area contributed by atoms with Crippen molar-refractivity contribution in [2.24, 2.45) is 0 Å². The molecule has 2 atom stereocenters. The van der Waals surface area contributed by atoms with Crippen LogP contribution in [0.15, 0.2) is 42.6 Å². The molecule has 0 bridgehead atoms. The highest BCUT2D eigenvalue weighted by Crippen LogP contribution is 2.25. The van der Waals surface area contributed by atoms with Crippen LogP contribution in [0.25, 0.3) is 0 Å².